The van der Waals surface area contributed by atoms with E-state index < -0.39 is 17.4 Å². The summed E-state index contributed by atoms with van der Waals surface area (Å²) in [6.45, 7) is 5.56. The van der Waals surface area contributed by atoms with Crippen LogP contribution in [-0.4, -0.2) is 34.5 Å². The highest BCUT2D eigenvalue weighted by molar-refractivity contribution is 5.98. The van der Waals surface area contributed by atoms with Gasteiger partial charge in [0.05, 0.1) is 0 Å². The van der Waals surface area contributed by atoms with Crippen molar-refractivity contribution in [3.63, 3.8) is 0 Å². The molecule has 0 unspecified atom stereocenters. The minimum Gasteiger partial charge on any atom is -0.479 e. The van der Waals surface area contributed by atoms with E-state index in [2.05, 4.69) is 12.1 Å². The molecule has 3 aromatic carbocycles. The number of hydrogen-bond donors (Lipinski definition) is 1. The van der Waals surface area contributed by atoms with E-state index in [1.165, 1.54) is 4.90 Å². The fourth-order valence-electron chi connectivity index (χ4n) is 5.09. The number of fused-ring (bicyclic) bond motifs is 2. The largest absolute Gasteiger partial charge is 0.479 e. The van der Waals surface area contributed by atoms with Crippen LogP contribution in [-0.2, 0) is 17.6 Å². The van der Waals surface area contributed by atoms with Gasteiger partial charge in [0.1, 0.15) is 5.54 Å². The van der Waals surface area contributed by atoms with E-state index in [-0.39, 0.29) is 5.91 Å². The van der Waals surface area contributed by atoms with Crippen LogP contribution < -0.4 is 0 Å². The maximum Gasteiger partial charge on any atom is 0.330 e. The standard InChI is InChI=1S/C28H29NO3/c1-18-15-19(2)17-22(16-18)26(30)29(4)28(3,27(31)32)25-23-11-7-5-9-20(23)13-14-21-10-6-8-12-24(21)25/h5-12,15-17,25H,13-14H2,1-4H3,(H,31,32)/t28-/m1/s1. The first kappa shape index (κ1) is 21.8. The summed E-state index contributed by atoms with van der Waals surface area (Å²) in [5.74, 6) is -1.80. The minimum atomic E-state index is -1.48. The van der Waals surface area contributed by atoms with E-state index in [0.29, 0.717) is 5.56 Å². The summed E-state index contributed by atoms with van der Waals surface area (Å²) in [5, 5.41) is 10.6. The Hall–Kier alpha value is -3.40. The van der Waals surface area contributed by atoms with Crippen molar-refractivity contribution in [3.05, 3.63) is 106 Å². The van der Waals surface area contributed by atoms with Gasteiger partial charge in [-0.25, -0.2) is 4.79 Å². The van der Waals surface area contributed by atoms with Crippen LogP contribution in [0.25, 0.3) is 0 Å². The van der Waals surface area contributed by atoms with Gasteiger partial charge in [0, 0.05) is 18.5 Å². The van der Waals surface area contributed by atoms with Gasteiger partial charge in [-0.1, -0.05) is 65.7 Å². The lowest BCUT2D eigenvalue weighted by Gasteiger charge is -2.42. The van der Waals surface area contributed by atoms with Gasteiger partial charge in [-0.3, -0.25) is 4.79 Å². The number of amides is 1. The van der Waals surface area contributed by atoms with E-state index in [1.54, 1.807) is 14.0 Å². The third-order valence-electron chi connectivity index (χ3n) is 6.86. The van der Waals surface area contributed by atoms with Crippen molar-refractivity contribution in [1.82, 2.24) is 4.90 Å². The van der Waals surface area contributed by atoms with E-state index in [0.717, 1.165) is 46.2 Å². The number of aryl methyl sites for hydroxylation is 4. The first-order valence-electron chi connectivity index (χ1n) is 11.0. The zero-order chi connectivity index (χ0) is 23.0. The van der Waals surface area contributed by atoms with Crippen LogP contribution in [0.5, 0.6) is 0 Å². The molecule has 1 aliphatic carbocycles. The highest BCUT2D eigenvalue weighted by Crippen LogP contribution is 2.44. The van der Waals surface area contributed by atoms with Gasteiger partial charge in [0.15, 0.2) is 0 Å². The normalized spacial score (nSPS) is 15.1. The van der Waals surface area contributed by atoms with Crippen molar-refractivity contribution in [2.45, 2.75) is 45.1 Å². The van der Waals surface area contributed by atoms with Gasteiger partial charge >= 0.3 is 5.97 Å². The minimum absolute atomic E-state index is 0.291. The first-order valence-corrected chi connectivity index (χ1v) is 11.0. The summed E-state index contributed by atoms with van der Waals surface area (Å²) in [6.07, 6.45) is 1.68. The number of rotatable bonds is 4. The maximum atomic E-state index is 13.6. The summed E-state index contributed by atoms with van der Waals surface area (Å²) < 4.78 is 0. The Morgan fingerprint density at radius 2 is 1.34 bits per heavy atom. The molecule has 1 atom stereocenters. The average molecular weight is 428 g/mol. The number of carboxylic acids is 1. The van der Waals surface area contributed by atoms with Crippen LogP contribution in [0.15, 0.2) is 66.7 Å². The van der Waals surface area contributed by atoms with Crippen molar-refractivity contribution in [1.29, 1.82) is 0 Å². The predicted octanol–water partition coefficient (Wildman–Crippen LogP) is 5.15. The molecule has 0 fully saturated rings. The molecule has 0 spiro atoms. The van der Waals surface area contributed by atoms with Crippen LogP contribution >= 0.6 is 0 Å². The molecule has 0 heterocycles. The number of hydrogen-bond acceptors (Lipinski definition) is 2. The van der Waals surface area contributed by atoms with Crippen molar-refractivity contribution in [3.8, 4) is 0 Å². The lowest BCUT2D eigenvalue weighted by Crippen LogP contribution is -2.57. The molecule has 164 valence electrons. The number of carboxylic acid groups (broad SMARTS) is 1. The van der Waals surface area contributed by atoms with E-state index >= 15 is 0 Å². The van der Waals surface area contributed by atoms with E-state index in [1.807, 2.05) is 68.4 Å². The zero-order valence-electron chi connectivity index (χ0n) is 19.1. The van der Waals surface area contributed by atoms with Crippen molar-refractivity contribution in [2.24, 2.45) is 0 Å². The topological polar surface area (TPSA) is 57.6 Å². The third-order valence-corrected chi connectivity index (χ3v) is 6.86. The second-order valence-electron chi connectivity index (χ2n) is 9.02. The van der Waals surface area contributed by atoms with Gasteiger partial charge in [0.2, 0.25) is 0 Å². The van der Waals surface area contributed by atoms with Crippen molar-refractivity contribution < 1.29 is 14.7 Å². The Morgan fingerprint density at radius 1 is 0.875 bits per heavy atom. The molecule has 32 heavy (non-hydrogen) atoms. The summed E-state index contributed by atoms with van der Waals surface area (Å²) in [5.41, 5.74) is 5.19. The van der Waals surface area contributed by atoms with Gasteiger partial charge in [-0.05, 0) is 68.0 Å². The predicted molar refractivity (Wildman–Crippen MR) is 126 cm³/mol. The van der Waals surface area contributed by atoms with E-state index in [9.17, 15) is 14.7 Å². The molecule has 0 saturated carbocycles. The first-order chi connectivity index (χ1) is 15.2. The number of carbonyl (C=O) groups excluding carboxylic acids is 1. The number of nitrogens with zero attached hydrogens (tertiary/aromatic N) is 1. The number of aliphatic carboxylic acids is 1. The number of likely N-dealkylation sites (N-methyl/N-ethyl adjacent to an activating group) is 1. The van der Waals surface area contributed by atoms with Crippen molar-refractivity contribution in [2.75, 3.05) is 7.05 Å². The smallest absolute Gasteiger partial charge is 0.330 e. The molecule has 0 aliphatic heterocycles. The van der Waals surface area contributed by atoms with Crippen LogP contribution in [0.4, 0.5) is 0 Å². The molecular formula is C28H29NO3. The monoisotopic (exact) mass is 427 g/mol. The summed E-state index contributed by atoms with van der Waals surface area (Å²) in [7, 11) is 1.62. The van der Waals surface area contributed by atoms with Gasteiger partial charge in [-0.2, -0.15) is 0 Å². The maximum absolute atomic E-state index is 13.6. The summed E-state index contributed by atoms with van der Waals surface area (Å²) in [6, 6.07) is 21.7. The zero-order valence-corrected chi connectivity index (χ0v) is 19.1. The van der Waals surface area contributed by atoms with Gasteiger partial charge in [0.25, 0.3) is 5.91 Å². The molecule has 1 amide bonds. The molecule has 4 nitrogen and oxygen atoms in total. The van der Waals surface area contributed by atoms with Gasteiger partial charge < -0.3 is 10.0 Å². The SMILES string of the molecule is Cc1cc(C)cc(C(=O)N(C)[C@@](C)(C(=O)O)C2c3ccccc3CCc3ccccc32)c1. The summed E-state index contributed by atoms with van der Waals surface area (Å²) >= 11 is 0. The molecule has 4 heteroatoms. The molecule has 3 aromatic rings. The lowest BCUT2D eigenvalue weighted by atomic mass is 9.73. The third kappa shape index (κ3) is 3.60. The molecule has 0 radical (unpaired) electrons. The Balaban J connectivity index is 1.92. The molecule has 4 rings (SSSR count). The second-order valence-corrected chi connectivity index (χ2v) is 9.02. The van der Waals surface area contributed by atoms with Crippen molar-refractivity contribution >= 4 is 11.9 Å². The molecular weight excluding hydrogens is 398 g/mol. The highest BCUT2D eigenvalue weighted by atomic mass is 16.4. The average Bonchev–Trinajstić information content (AvgIpc) is 2.94. The fraction of sp³-hybridized carbons (Fsp3) is 0.286. The fourth-order valence-corrected chi connectivity index (χ4v) is 5.09. The number of benzene rings is 3. The Kier molecular flexibility index (Phi) is 5.64. The van der Waals surface area contributed by atoms with Gasteiger partial charge in [-0.15, -0.1) is 0 Å². The Labute approximate surface area is 189 Å². The van der Waals surface area contributed by atoms with Crippen LogP contribution in [0.1, 0.15) is 56.6 Å². The summed E-state index contributed by atoms with van der Waals surface area (Å²) in [4.78, 5) is 28.0. The van der Waals surface area contributed by atoms with Crippen LogP contribution in [0, 0.1) is 13.8 Å². The molecule has 1 aliphatic rings. The Bertz CT molecular complexity index is 1130. The second kappa shape index (κ2) is 8.27. The molecule has 0 bridgehead atoms. The molecule has 0 aromatic heterocycles. The van der Waals surface area contributed by atoms with Crippen LogP contribution in [0.2, 0.25) is 0 Å². The molecule has 1 N–H and O–H groups in total. The molecule has 0 saturated heterocycles. The van der Waals surface area contributed by atoms with Crippen LogP contribution in [0.3, 0.4) is 0 Å². The quantitative estimate of drug-likeness (QED) is 0.626. The lowest BCUT2D eigenvalue weighted by molar-refractivity contribution is -0.149. The Morgan fingerprint density at radius 3 is 1.81 bits per heavy atom. The highest BCUT2D eigenvalue weighted by Gasteiger charge is 2.50. The number of carbonyl (C=O) groups is 2. The van der Waals surface area contributed by atoms with E-state index in [4.69, 9.17) is 0 Å².